The van der Waals surface area contributed by atoms with Crippen molar-refractivity contribution >= 4 is 0 Å². The number of nitrogens with zero attached hydrogens (tertiary/aromatic N) is 1. The molecule has 0 saturated carbocycles. The smallest absolute Gasteiger partial charge is 0.123 e. The number of nitrogens with two attached hydrogens (primary N) is 1. The predicted octanol–water partition coefficient (Wildman–Crippen LogP) is 3.15. The van der Waals surface area contributed by atoms with E-state index >= 15 is 0 Å². The number of benzene rings is 1. The van der Waals surface area contributed by atoms with Gasteiger partial charge in [0.1, 0.15) is 5.82 Å². The SMILES string of the molecule is CC1CC(C)C(C)N(Cc2cc(F)cc(CN)c2)C1. The first kappa shape index (κ1) is 14.5. The van der Waals surface area contributed by atoms with Crippen LogP contribution in [-0.2, 0) is 13.1 Å². The third kappa shape index (κ3) is 3.54. The molecule has 1 fully saturated rings. The third-order valence-electron chi connectivity index (χ3n) is 4.36. The van der Waals surface area contributed by atoms with Gasteiger partial charge in [-0.2, -0.15) is 0 Å². The molecule has 19 heavy (non-hydrogen) atoms. The van der Waals surface area contributed by atoms with Gasteiger partial charge < -0.3 is 5.73 Å². The van der Waals surface area contributed by atoms with Crippen LogP contribution in [0.15, 0.2) is 18.2 Å². The van der Waals surface area contributed by atoms with E-state index in [4.69, 9.17) is 5.73 Å². The van der Waals surface area contributed by atoms with Gasteiger partial charge in [0.25, 0.3) is 0 Å². The van der Waals surface area contributed by atoms with Gasteiger partial charge in [-0.1, -0.05) is 19.9 Å². The maximum absolute atomic E-state index is 13.5. The average molecular weight is 264 g/mol. The van der Waals surface area contributed by atoms with Crippen LogP contribution in [0.2, 0.25) is 0 Å². The van der Waals surface area contributed by atoms with E-state index in [1.165, 1.54) is 12.5 Å². The molecule has 3 heteroatoms. The van der Waals surface area contributed by atoms with Crippen molar-refractivity contribution in [3.05, 3.63) is 35.1 Å². The first-order valence-corrected chi connectivity index (χ1v) is 7.22. The molecule has 106 valence electrons. The van der Waals surface area contributed by atoms with Crippen LogP contribution in [0.3, 0.4) is 0 Å². The van der Waals surface area contributed by atoms with Gasteiger partial charge in [-0.3, -0.25) is 4.90 Å². The lowest BCUT2D eigenvalue weighted by molar-refractivity contribution is 0.0729. The molecular weight excluding hydrogens is 239 g/mol. The second-order valence-corrected chi connectivity index (χ2v) is 6.16. The van der Waals surface area contributed by atoms with Gasteiger partial charge in [0.15, 0.2) is 0 Å². The highest BCUT2D eigenvalue weighted by atomic mass is 19.1. The second kappa shape index (κ2) is 6.02. The molecule has 2 nitrogen and oxygen atoms in total. The number of rotatable bonds is 3. The van der Waals surface area contributed by atoms with Crippen LogP contribution in [0.5, 0.6) is 0 Å². The standard InChI is InChI=1S/C16H25FN2/c1-11-4-12(2)13(3)19(9-11)10-15-5-14(8-18)6-16(17)7-15/h5-7,11-13H,4,8-10,18H2,1-3H3. The molecule has 2 N–H and O–H groups in total. The topological polar surface area (TPSA) is 29.3 Å². The van der Waals surface area contributed by atoms with Crippen molar-refractivity contribution in [2.24, 2.45) is 17.6 Å². The molecule has 1 aromatic carbocycles. The number of hydrogen-bond acceptors (Lipinski definition) is 2. The summed E-state index contributed by atoms with van der Waals surface area (Å²) >= 11 is 0. The number of hydrogen-bond donors (Lipinski definition) is 1. The fourth-order valence-corrected chi connectivity index (χ4v) is 3.20. The van der Waals surface area contributed by atoms with Gasteiger partial charge in [0.2, 0.25) is 0 Å². The van der Waals surface area contributed by atoms with E-state index in [2.05, 4.69) is 25.7 Å². The van der Waals surface area contributed by atoms with Gasteiger partial charge in [-0.25, -0.2) is 4.39 Å². The molecule has 0 aliphatic carbocycles. The normalized spacial score (nSPS) is 28.6. The third-order valence-corrected chi connectivity index (χ3v) is 4.36. The quantitative estimate of drug-likeness (QED) is 0.908. The summed E-state index contributed by atoms with van der Waals surface area (Å²) in [6, 6.07) is 5.74. The van der Waals surface area contributed by atoms with E-state index in [0.29, 0.717) is 24.4 Å². The van der Waals surface area contributed by atoms with Crippen LogP contribution < -0.4 is 5.73 Å². The molecule has 1 aliphatic heterocycles. The highest BCUT2D eigenvalue weighted by molar-refractivity contribution is 5.24. The summed E-state index contributed by atoms with van der Waals surface area (Å²) in [4.78, 5) is 2.47. The Morgan fingerprint density at radius 2 is 1.89 bits per heavy atom. The molecule has 3 atom stereocenters. The summed E-state index contributed by atoms with van der Waals surface area (Å²) < 4.78 is 13.5. The van der Waals surface area contributed by atoms with E-state index in [1.54, 1.807) is 6.07 Å². The number of piperidine rings is 1. The Hall–Kier alpha value is -0.930. The molecule has 2 rings (SSSR count). The van der Waals surface area contributed by atoms with Gasteiger partial charge >= 0.3 is 0 Å². The lowest BCUT2D eigenvalue weighted by Gasteiger charge is -2.41. The minimum absolute atomic E-state index is 0.177. The van der Waals surface area contributed by atoms with Crippen LogP contribution in [0.1, 0.15) is 38.3 Å². The van der Waals surface area contributed by atoms with Crippen LogP contribution >= 0.6 is 0 Å². The molecule has 0 amide bonds. The van der Waals surface area contributed by atoms with Crippen molar-refractivity contribution in [2.45, 2.75) is 46.3 Å². The zero-order valence-corrected chi connectivity index (χ0v) is 12.2. The van der Waals surface area contributed by atoms with E-state index in [1.807, 2.05) is 6.07 Å². The maximum atomic E-state index is 13.5. The summed E-state index contributed by atoms with van der Waals surface area (Å²) in [5.74, 6) is 1.24. The first-order chi connectivity index (χ1) is 8.99. The molecule has 0 aromatic heterocycles. The van der Waals surface area contributed by atoms with Crippen molar-refractivity contribution < 1.29 is 4.39 Å². The molecule has 1 saturated heterocycles. The largest absolute Gasteiger partial charge is 0.326 e. The molecule has 1 aromatic rings. The van der Waals surface area contributed by atoms with Crippen molar-refractivity contribution in [1.82, 2.24) is 4.90 Å². The molecule has 3 unspecified atom stereocenters. The molecule has 1 aliphatic rings. The van der Waals surface area contributed by atoms with E-state index in [9.17, 15) is 4.39 Å². The highest BCUT2D eigenvalue weighted by Gasteiger charge is 2.28. The van der Waals surface area contributed by atoms with Crippen molar-refractivity contribution in [1.29, 1.82) is 0 Å². The Balaban J connectivity index is 2.13. The summed E-state index contributed by atoms with van der Waals surface area (Å²) in [5, 5.41) is 0. The zero-order valence-electron chi connectivity index (χ0n) is 12.2. The number of halogens is 1. The number of likely N-dealkylation sites (tertiary alicyclic amines) is 1. The fraction of sp³-hybridized carbons (Fsp3) is 0.625. The Morgan fingerprint density at radius 3 is 2.58 bits per heavy atom. The maximum Gasteiger partial charge on any atom is 0.123 e. The molecule has 0 radical (unpaired) electrons. The zero-order chi connectivity index (χ0) is 14.0. The fourth-order valence-electron chi connectivity index (χ4n) is 3.20. The summed E-state index contributed by atoms with van der Waals surface area (Å²) in [5.41, 5.74) is 7.52. The monoisotopic (exact) mass is 264 g/mol. The Labute approximate surface area is 115 Å². The summed E-state index contributed by atoms with van der Waals surface area (Å²) in [6.45, 7) is 9.20. The summed E-state index contributed by atoms with van der Waals surface area (Å²) in [7, 11) is 0. The average Bonchev–Trinajstić information content (AvgIpc) is 2.34. The summed E-state index contributed by atoms with van der Waals surface area (Å²) in [6.07, 6.45) is 1.29. The van der Waals surface area contributed by atoms with Gasteiger partial charge in [0.05, 0.1) is 0 Å². The van der Waals surface area contributed by atoms with Crippen LogP contribution in [-0.4, -0.2) is 17.5 Å². The van der Waals surface area contributed by atoms with E-state index in [-0.39, 0.29) is 5.82 Å². The van der Waals surface area contributed by atoms with Gasteiger partial charge in [-0.15, -0.1) is 0 Å². The second-order valence-electron chi connectivity index (χ2n) is 6.16. The first-order valence-electron chi connectivity index (χ1n) is 7.22. The Morgan fingerprint density at radius 1 is 1.21 bits per heavy atom. The van der Waals surface area contributed by atoms with Crippen LogP contribution in [0, 0.1) is 17.7 Å². The Bertz CT molecular complexity index is 433. The van der Waals surface area contributed by atoms with Crippen molar-refractivity contribution in [3.63, 3.8) is 0 Å². The van der Waals surface area contributed by atoms with Crippen molar-refractivity contribution in [2.75, 3.05) is 6.54 Å². The highest BCUT2D eigenvalue weighted by Crippen LogP contribution is 2.28. The van der Waals surface area contributed by atoms with Crippen LogP contribution in [0.4, 0.5) is 4.39 Å². The lowest BCUT2D eigenvalue weighted by atomic mass is 9.85. The molecule has 0 spiro atoms. The molecule has 0 bridgehead atoms. The Kier molecular flexibility index (Phi) is 4.58. The van der Waals surface area contributed by atoms with Crippen molar-refractivity contribution in [3.8, 4) is 0 Å². The van der Waals surface area contributed by atoms with Crippen LogP contribution in [0.25, 0.3) is 0 Å². The lowest BCUT2D eigenvalue weighted by Crippen LogP contribution is -2.45. The minimum atomic E-state index is -0.177. The van der Waals surface area contributed by atoms with Gasteiger partial charge in [-0.05, 0) is 48.4 Å². The minimum Gasteiger partial charge on any atom is -0.326 e. The van der Waals surface area contributed by atoms with E-state index < -0.39 is 0 Å². The predicted molar refractivity (Wildman–Crippen MR) is 77.1 cm³/mol. The van der Waals surface area contributed by atoms with E-state index in [0.717, 1.165) is 24.2 Å². The molecule has 1 heterocycles. The molecular formula is C16H25FN2. The van der Waals surface area contributed by atoms with Gasteiger partial charge in [0, 0.05) is 25.7 Å².